The molecule has 1 aromatic rings. The summed E-state index contributed by atoms with van der Waals surface area (Å²) in [4.78, 5) is 8.39. The van der Waals surface area contributed by atoms with E-state index in [9.17, 15) is 0 Å². The van der Waals surface area contributed by atoms with E-state index in [1.165, 1.54) is 25.7 Å². The molecule has 1 aliphatic rings. The minimum absolute atomic E-state index is 0.420. The van der Waals surface area contributed by atoms with Gasteiger partial charge in [0.2, 0.25) is 5.95 Å². The van der Waals surface area contributed by atoms with E-state index >= 15 is 0 Å². The first-order valence-electron chi connectivity index (χ1n) is 5.82. The maximum Gasteiger partial charge on any atom is 0.222 e. The van der Waals surface area contributed by atoms with E-state index in [2.05, 4.69) is 22.2 Å². The maximum atomic E-state index is 5.01. The second-order valence-electron chi connectivity index (χ2n) is 4.82. The van der Waals surface area contributed by atoms with Crippen molar-refractivity contribution in [2.24, 2.45) is 5.41 Å². The molecule has 1 heterocycles. The zero-order valence-electron chi connectivity index (χ0n) is 9.99. The Labute approximate surface area is 96.4 Å². The fraction of sp³-hybridized carbons (Fsp3) is 0.667. The van der Waals surface area contributed by atoms with Gasteiger partial charge in [-0.15, -0.1) is 0 Å². The minimum Gasteiger partial charge on any atom is -0.494 e. The summed E-state index contributed by atoms with van der Waals surface area (Å²) in [5.41, 5.74) is 0.420. The van der Waals surface area contributed by atoms with Crippen molar-refractivity contribution in [2.45, 2.75) is 32.6 Å². The number of anilines is 1. The number of hydrogen-bond donors (Lipinski definition) is 1. The van der Waals surface area contributed by atoms with Gasteiger partial charge in [-0.3, -0.25) is 0 Å². The molecule has 2 rings (SSSR count). The van der Waals surface area contributed by atoms with Gasteiger partial charge in [-0.25, -0.2) is 9.97 Å². The Balaban J connectivity index is 1.89. The van der Waals surface area contributed by atoms with Crippen molar-refractivity contribution >= 4 is 5.95 Å². The van der Waals surface area contributed by atoms with Gasteiger partial charge in [-0.2, -0.15) is 0 Å². The predicted molar refractivity (Wildman–Crippen MR) is 63.6 cm³/mol. The summed E-state index contributed by atoms with van der Waals surface area (Å²) >= 11 is 0. The van der Waals surface area contributed by atoms with Gasteiger partial charge in [0.15, 0.2) is 5.75 Å². The van der Waals surface area contributed by atoms with Crippen LogP contribution in [0.25, 0.3) is 0 Å². The average Bonchev–Trinajstić information content (AvgIpc) is 2.75. The molecule has 1 saturated carbocycles. The zero-order valence-corrected chi connectivity index (χ0v) is 9.99. The fourth-order valence-corrected chi connectivity index (χ4v) is 2.21. The van der Waals surface area contributed by atoms with Gasteiger partial charge in [-0.1, -0.05) is 19.8 Å². The summed E-state index contributed by atoms with van der Waals surface area (Å²) in [7, 11) is 1.62. The first-order valence-corrected chi connectivity index (χ1v) is 5.82. The van der Waals surface area contributed by atoms with Crippen molar-refractivity contribution in [3.05, 3.63) is 12.4 Å². The van der Waals surface area contributed by atoms with E-state index < -0.39 is 0 Å². The zero-order chi connectivity index (χ0) is 11.4. The molecular formula is C12H19N3O. The third kappa shape index (κ3) is 2.62. The monoisotopic (exact) mass is 221 g/mol. The summed E-state index contributed by atoms with van der Waals surface area (Å²) in [5.74, 6) is 1.38. The number of nitrogens with one attached hydrogen (secondary N) is 1. The van der Waals surface area contributed by atoms with Gasteiger partial charge < -0.3 is 10.1 Å². The molecule has 1 fully saturated rings. The quantitative estimate of drug-likeness (QED) is 0.848. The smallest absolute Gasteiger partial charge is 0.222 e. The Hall–Kier alpha value is -1.32. The first-order chi connectivity index (χ1) is 7.72. The van der Waals surface area contributed by atoms with Crippen molar-refractivity contribution in [3.63, 3.8) is 0 Å². The van der Waals surface area contributed by atoms with E-state index in [4.69, 9.17) is 4.74 Å². The molecule has 0 amide bonds. The largest absolute Gasteiger partial charge is 0.494 e. The highest BCUT2D eigenvalue weighted by Crippen LogP contribution is 2.37. The Kier molecular flexibility index (Phi) is 3.27. The van der Waals surface area contributed by atoms with Gasteiger partial charge in [0, 0.05) is 6.54 Å². The van der Waals surface area contributed by atoms with Crippen LogP contribution in [0.1, 0.15) is 32.6 Å². The van der Waals surface area contributed by atoms with Crippen molar-refractivity contribution in [3.8, 4) is 5.75 Å². The maximum absolute atomic E-state index is 5.01. The predicted octanol–water partition coefficient (Wildman–Crippen LogP) is 2.48. The van der Waals surface area contributed by atoms with Crippen molar-refractivity contribution in [1.82, 2.24) is 9.97 Å². The van der Waals surface area contributed by atoms with E-state index in [-0.39, 0.29) is 0 Å². The highest BCUT2D eigenvalue weighted by molar-refractivity contribution is 5.27. The van der Waals surface area contributed by atoms with Crippen LogP contribution in [0, 0.1) is 5.41 Å². The molecule has 0 radical (unpaired) electrons. The summed E-state index contributed by atoms with van der Waals surface area (Å²) in [5, 5.41) is 3.30. The molecule has 0 aliphatic heterocycles. The van der Waals surface area contributed by atoms with Crippen molar-refractivity contribution < 1.29 is 4.74 Å². The molecule has 4 heteroatoms. The second kappa shape index (κ2) is 4.68. The second-order valence-corrected chi connectivity index (χ2v) is 4.82. The summed E-state index contributed by atoms with van der Waals surface area (Å²) in [6.07, 6.45) is 8.67. The molecule has 1 N–H and O–H groups in total. The molecule has 0 atom stereocenters. The van der Waals surface area contributed by atoms with E-state index in [0.717, 1.165) is 6.54 Å². The van der Waals surface area contributed by atoms with Crippen LogP contribution in [0.4, 0.5) is 5.95 Å². The van der Waals surface area contributed by atoms with E-state index in [1.54, 1.807) is 19.5 Å². The number of rotatable bonds is 4. The first kappa shape index (κ1) is 11.2. The Morgan fingerprint density at radius 2 is 1.94 bits per heavy atom. The van der Waals surface area contributed by atoms with Crippen LogP contribution >= 0.6 is 0 Å². The van der Waals surface area contributed by atoms with Crippen molar-refractivity contribution in [2.75, 3.05) is 19.0 Å². The van der Waals surface area contributed by atoms with Gasteiger partial charge in [0.1, 0.15) is 0 Å². The van der Waals surface area contributed by atoms with Crippen LogP contribution in [0.2, 0.25) is 0 Å². The number of aromatic nitrogens is 2. The number of ether oxygens (including phenoxy) is 1. The lowest BCUT2D eigenvalue weighted by Crippen LogP contribution is -2.23. The fourth-order valence-electron chi connectivity index (χ4n) is 2.21. The standard InChI is InChI=1S/C12H19N3O/c1-12(5-3-4-6-12)9-15-11-13-7-10(16-2)8-14-11/h7-8H,3-6,9H2,1-2H3,(H,13,14,15). The van der Waals surface area contributed by atoms with E-state index in [1.807, 2.05) is 0 Å². The molecular weight excluding hydrogens is 202 g/mol. The molecule has 0 unspecified atom stereocenters. The lowest BCUT2D eigenvalue weighted by molar-refractivity contribution is 0.361. The molecule has 0 spiro atoms. The number of nitrogens with zero attached hydrogens (tertiary/aromatic N) is 2. The van der Waals surface area contributed by atoms with Crippen LogP contribution in [-0.2, 0) is 0 Å². The Morgan fingerprint density at radius 1 is 1.31 bits per heavy atom. The van der Waals surface area contributed by atoms with Gasteiger partial charge in [-0.05, 0) is 18.3 Å². The molecule has 0 aromatic carbocycles. The lowest BCUT2D eigenvalue weighted by atomic mass is 9.89. The topological polar surface area (TPSA) is 47.0 Å². The molecule has 16 heavy (non-hydrogen) atoms. The Morgan fingerprint density at radius 3 is 2.50 bits per heavy atom. The normalized spacial score (nSPS) is 18.4. The van der Waals surface area contributed by atoms with Gasteiger partial charge in [0.05, 0.1) is 19.5 Å². The Bertz CT molecular complexity index is 331. The molecule has 0 saturated heterocycles. The molecule has 4 nitrogen and oxygen atoms in total. The molecule has 88 valence electrons. The van der Waals surface area contributed by atoms with Crippen LogP contribution in [0.15, 0.2) is 12.4 Å². The third-order valence-electron chi connectivity index (χ3n) is 3.35. The summed E-state index contributed by atoms with van der Waals surface area (Å²) < 4.78 is 5.01. The average molecular weight is 221 g/mol. The minimum atomic E-state index is 0.420. The number of methoxy groups -OCH3 is 1. The lowest BCUT2D eigenvalue weighted by Gasteiger charge is -2.23. The van der Waals surface area contributed by atoms with Crippen LogP contribution in [0.3, 0.4) is 0 Å². The van der Waals surface area contributed by atoms with Crippen LogP contribution in [-0.4, -0.2) is 23.6 Å². The van der Waals surface area contributed by atoms with Gasteiger partial charge >= 0.3 is 0 Å². The van der Waals surface area contributed by atoms with Crippen molar-refractivity contribution in [1.29, 1.82) is 0 Å². The van der Waals surface area contributed by atoms with Crippen LogP contribution in [0.5, 0.6) is 5.75 Å². The molecule has 0 bridgehead atoms. The van der Waals surface area contributed by atoms with Crippen LogP contribution < -0.4 is 10.1 Å². The highest BCUT2D eigenvalue weighted by atomic mass is 16.5. The molecule has 1 aliphatic carbocycles. The third-order valence-corrected chi connectivity index (χ3v) is 3.35. The summed E-state index contributed by atoms with van der Waals surface area (Å²) in [6, 6.07) is 0. The SMILES string of the molecule is COc1cnc(NCC2(C)CCCC2)nc1. The van der Waals surface area contributed by atoms with Gasteiger partial charge in [0.25, 0.3) is 0 Å². The highest BCUT2D eigenvalue weighted by Gasteiger charge is 2.28. The van der Waals surface area contributed by atoms with E-state index in [0.29, 0.717) is 17.1 Å². The number of hydrogen-bond acceptors (Lipinski definition) is 4. The molecule has 1 aromatic heterocycles. The summed E-state index contributed by atoms with van der Waals surface area (Å²) in [6.45, 7) is 3.29.